The largest absolute Gasteiger partial charge is 0.228 e. The van der Waals surface area contributed by atoms with E-state index >= 15 is 0 Å². The zero-order valence-electron chi connectivity index (χ0n) is 35.2. The SMILES string of the molecule is C1=Cc2c(cccc2-c2cc(-c3ccc4cc(-c5ccc6c(c5)C(c5ccccc5)(c5ccccc5)c5ccccc5-6)ccc4c3)nc(-c3ccccc3)n2)C(c2ccccc2)=CC1. The summed E-state index contributed by atoms with van der Waals surface area (Å²) in [6.07, 6.45) is 7.71. The van der Waals surface area contributed by atoms with E-state index in [1.165, 1.54) is 72.2 Å². The Labute approximate surface area is 374 Å². The highest BCUT2D eigenvalue weighted by atomic mass is 14.9. The van der Waals surface area contributed by atoms with Crippen molar-refractivity contribution < 1.29 is 0 Å². The second-order valence-electron chi connectivity index (χ2n) is 16.8. The third-order valence-corrected chi connectivity index (χ3v) is 13.2. The van der Waals surface area contributed by atoms with Crippen LogP contribution in [0.25, 0.3) is 78.6 Å². The van der Waals surface area contributed by atoms with E-state index in [1.54, 1.807) is 0 Å². The molecule has 0 fully saturated rings. The second-order valence-corrected chi connectivity index (χ2v) is 16.8. The Balaban J connectivity index is 0.962. The molecule has 1 heterocycles. The molecule has 0 saturated heterocycles. The summed E-state index contributed by atoms with van der Waals surface area (Å²) in [5.74, 6) is 0.707. The lowest BCUT2D eigenvalue weighted by atomic mass is 9.67. The van der Waals surface area contributed by atoms with Crippen molar-refractivity contribution in [3.8, 4) is 56.2 Å². The molecule has 0 bridgehead atoms. The zero-order valence-corrected chi connectivity index (χ0v) is 35.2. The summed E-state index contributed by atoms with van der Waals surface area (Å²) < 4.78 is 0. The number of rotatable bonds is 7. The molecule has 0 radical (unpaired) electrons. The predicted molar refractivity (Wildman–Crippen MR) is 266 cm³/mol. The average molecular weight is 815 g/mol. The van der Waals surface area contributed by atoms with Gasteiger partial charge in [0, 0.05) is 16.7 Å². The summed E-state index contributed by atoms with van der Waals surface area (Å²) in [7, 11) is 0. The van der Waals surface area contributed by atoms with Gasteiger partial charge in [-0.2, -0.15) is 0 Å². The highest BCUT2D eigenvalue weighted by Crippen LogP contribution is 2.56. The van der Waals surface area contributed by atoms with Crippen LogP contribution in [0.2, 0.25) is 0 Å². The number of allylic oxidation sites excluding steroid dienone is 2. The summed E-state index contributed by atoms with van der Waals surface area (Å²) in [4.78, 5) is 10.5. The maximum Gasteiger partial charge on any atom is 0.160 e. The Bertz CT molecular complexity index is 3400. The van der Waals surface area contributed by atoms with Gasteiger partial charge < -0.3 is 0 Å². The first-order chi connectivity index (χ1) is 31.7. The van der Waals surface area contributed by atoms with Gasteiger partial charge in [0.05, 0.1) is 16.8 Å². The van der Waals surface area contributed by atoms with Crippen LogP contribution in [-0.2, 0) is 5.41 Å². The number of nitrogens with zero attached hydrogens (tertiary/aromatic N) is 2. The average Bonchev–Trinajstić information content (AvgIpc) is 3.49. The van der Waals surface area contributed by atoms with Crippen LogP contribution < -0.4 is 0 Å². The highest BCUT2D eigenvalue weighted by Gasteiger charge is 2.46. The number of hydrogen-bond donors (Lipinski definition) is 0. The van der Waals surface area contributed by atoms with Crippen molar-refractivity contribution in [1.29, 1.82) is 0 Å². The standard InChI is InChI=1S/C62H42N2/c1-5-18-42(19-6-1)51-26-13-14-27-53-52(51)29-17-30-56(53)60-41-59(63-61(64-60)43-20-7-2-8-21-43)48-35-34-44-38-45(32-33-46(44)39-48)47-36-37-55-54-28-15-16-31-57(54)62(58(55)40-47,49-22-9-3-10-23-49)50-24-11-4-12-25-50/h1-12,14-41H,13H2. The molecule has 0 saturated carbocycles. The highest BCUT2D eigenvalue weighted by molar-refractivity contribution is 5.94. The molecule has 2 aliphatic rings. The maximum atomic E-state index is 5.27. The molecule has 64 heavy (non-hydrogen) atoms. The summed E-state index contributed by atoms with van der Waals surface area (Å²) in [6, 6.07) is 81.4. The van der Waals surface area contributed by atoms with Gasteiger partial charge in [-0.15, -0.1) is 0 Å². The van der Waals surface area contributed by atoms with Gasteiger partial charge in [-0.05, 0) is 108 Å². The molecule has 2 nitrogen and oxygen atoms in total. The third-order valence-electron chi connectivity index (χ3n) is 13.2. The third kappa shape index (κ3) is 6.26. The minimum Gasteiger partial charge on any atom is -0.228 e. The van der Waals surface area contributed by atoms with Crippen molar-refractivity contribution in [2.75, 3.05) is 0 Å². The molecular formula is C62H42N2. The predicted octanol–water partition coefficient (Wildman–Crippen LogP) is 15.5. The molecule has 0 aliphatic heterocycles. The van der Waals surface area contributed by atoms with Crippen LogP contribution in [0.5, 0.6) is 0 Å². The van der Waals surface area contributed by atoms with Crippen molar-refractivity contribution >= 4 is 22.4 Å². The Morgan fingerprint density at radius 1 is 0.359 bits per heavy atom. The van der Waals surface area contributed by atoms with E-state index in [0.717, 1.165) is 39.9 Å². The Morgan fingerprint density at radius 3 is 1.64 bits per heavy atom. The Kier molecular flexibility index (Phi) is 9.16. The van der Waals surface area contributed by atoms with Crippen molar-refractivity contribution in [1.82, 2.24) is 9.97 Å². The van der Waals surface area contributed by atoms with Gasteiger partial charge in [0.25, 0.3) is 0 Å². The molecule has 2 heteroatoms. The molecule has 0 unspecified atom stereocenters. The van der Waals surface area contributed by atoms with Crippen molar-refractivity contribution in [2.45, 2.75) is 11.8 Å². The lowest BCUT2D eigenvalue weighted by molar-refractivity contribution is 0.769. The Hall–Kier alpha value is -8.20. The normalized spacial score (nSPS) is 13.4. The van der Waals surface area contributed by atoms with E-state index < -0.39 is 5.41 Å². The first-order valence-corrected chi connectivity index (χ1v) is 22.1. The van der Waals surface area contributed by atoms with E-state index in [9.17, 15) is 0 Å². The minimum atomic E-state index is -0.444. The lowest BCUT2D eigenvalue weighted by Gasteiger charge is -2.34. The molecule has 10 aromatic rings. The van der Waals surface area contributed by atoms with Gasteiger partial charge in [-0.1, -0.05) is 218 Å². The fourth-order valence-electron chi connectivity index (χ4n) is 10.2. The van der Waals surface area contributed by atoms with Gasteiger partial charge >= 0.3 is 0 Å². The molecule has 0 N–H and O–H groups in total. The molecule has 9 aromatic carbocycles. The lowest BCUT2D eigenvalue weighted by Crippen LogP contribution is -2.28. The van der Waals surface area contributed by atoms with E-state index in [4.69, 9.17) is 9.97 Å². The van der Waals surface area contributed by atoms with Crippen molar-refractivity contribution in [3.05, 3.63) is 276 Å². The van der Waals surface area contributed by atoms with Crippen LogP contribution in [0.15, 0.2) is 237 Å². The van der Waals surface area contributed by atoms with Gasteiger partial charge in [0.1, 0.15) is 0 Å². The molecule has 12 rings (SSSR count). The van der Waals surface area contributed by atoms with E-state index in [0.29, 0.717) is 5.82 Å². The van der Waals surface area contributed by atoms with E-state index in [-0.39, 0.29) is 0 Å². The number of benzene rings is 9. The van der Waals surface area contributed by atoms with Crippen LogP contribution in [0, 0.1) is 0 Å². The maximum absolute atomic E-state index is 5.27. The molecule has 300 valence electrons. The van der Waals surface area contributed by atoms with Gasteiger partial charge in [-0.3, -0.25) is 0 Å². The molecule has 0 atom stereocenters. The fourth-order valence-corrected chi connectivity index (χ4v) is 10.2. The molecule has 1 aromatic heterocycles. The van der Waals surface area contributed by atoms with Gasteiger partial charge in [0.15, 0.2) is 5.82 Å². The number of fused-ring (bicyclic) bond motifs is 5. The number of aromatic nitrogens is 2. The molecule has 0 spiro atoms. The van der Waals surface area contributed by atoms with Crippen LogP contribution in [0.4, 0.5) is 0 Å². The summed E-state index contributed by atoms with van der Waals surface area (Å²) in [6.45, 7) is 0. The fraction of sp³-hybridized carbons (Fsp3) is 0.0323. The van der Waals surface area contributed by atoms with Crippen molar-refractivity contribution in [2.24, 2.45) is 0 Å². The minimum absolute atomic E-state index is 0.444. The topological polar surface area (TPSA) is 25.8 Å². The second kappa shape index (κ2) is 15.6. The van der Waals surface area contributed by atoms with Crippen LogP contribution >= 0.6 is 0 Å². The Morgan fingerprint density at radius 2 is 0.906 bits per heavy atom. The first-order valence-electron chi connectivity index (χ1n) is 22.1. The summed E-state index contributed by atoms with van der Waals surface area (Å²) in [5, 5.41) is 2.34. The number of hydrogen-bond acceptors (Lipinski definition) is 2. The summed E-state index contributed by atoms with van der Waals surface area (Å²) >= 11 is 0. The monoisotopic (exact) mass is 814 g/mol. The van der Waals surface area contributed by atoms with Crippen LogP contribution in [0.3, 0.4) is 0 Å². The zero-order chi connectivity index (χ0) is 42.5. The van der Waals surface area contributed by atoms with E-state index in [1.807, 2.05) is 6.07 Å². The molecule has 2 aliphatic carbocycles. The first kappa shape index (κ1) is 37.6. The van der Waals surface area contributed by atoms with Crippen molar-refractivity contribution in [3.63, 3.8) is 0 Å². The van der Waals surface area contributed by atoms with Gasteiger partial charge in [0.2, 0.25) is 0 Å². The van der Waals surface area contributed by atoms with Gasteiger partial charge in [-0.25, -0.2) is 9.97 Å². The molecular weight excluding hydrogens is 773 g/mol. The molecule has 0 amide bonds. The van der Waals surface area contributed by atoms with Crippen LogP contribution in [-0.4, -0.2) is 9.97 Å². The van der Waals surface area contributed by atoms with E-state index in [2.05, 4.69) is 237 Å². The quantitative estimate of drug-likeness (QED) is 0.160. The summed E-state index contributed by atoms with van der Waals surface area (Å²) in [5.41, 5.74) is 19.4. The van der Waals surface area contributed by atoms with Crippen LogP contribution in [0.1, 0.15) is 45.4 Å². The smallest absolute Gasteiger partial charge is 0.160 e.